The van der Waals surface area contributed by atoms with Gasteiger partial charge < -0.3 is 14.9 Å². The lowest BCUT2D eigenvalue weighted by atomic mass is 10.1. The number of carbonyl (C=O) groups excluding carboxylic acids is 2. The Balaban J connectivity index is 0.00000208. The summed E-state index contributed by atoms with van der Waals surface area (Å²) in [7, 11) is 0. The van der Waals surface area contributed by atoms with Crippen LogP contribution in [0.5, 0.6) is 0 Å². The van der Waals surface area contributed by atoms with Crippen LogP contribution in [0.15, 0.2) is 24.3 Å². The number of rotatable bonds is 3. The first kappa shape index (κ1) is 18.3. The second-order valence-electron chi connectivity index (χ2n) is 6.35. The van der Waals surface area contributed by atoms with Gasteiger partial charge in [0.15, 0.2) is 0 Å². The van der Waals surface area contributed by atoms with E-state index in [1.165, 1.54) is 0 Å². The van der Waals surface area contributed by atoms with Crippen LogP contribution in [0.4, 0.5) is 5.69 Å². The van der Waals surface area contributed by atoms with Gasteiger partial charge in [-0.15, -0.1) is 12.4 Å². The molecule has 3 rings (SSSR count). The molecule has 0 aromatic heterocycles. The highest BCUT2D eigenvalue weighted by atomic mass is 35.5. The topological polar surface area (TPSA) is 77.9 Å². The fraction of sp³-hybridized carbons (Fsp3) is 0.471. The molecular formula is C17H21ClN2O4. The van der Waals surface area contributed by atoms with Crippen LogP contribution in [0.3, 0.4) is 0 Å². The Morgan fingerprint density at radius 1 is 1.12 bits per heavy atom. The summed E-state index contributed by atoms with van der Waals surface area (Å²) in [6.45, 7) is 3.07. The zero-order valence-electron chi connectivity index (χ0n) is 13.5. The van der Waals surface area contributed by atoms with Crippen molar-refractivity contribution in [3.63, 3.8) is 0 Å². The average molecular weight is 353 g/mol. The summed E-state index contributed by atoms with van der Waals surface area (Å²) in [6.07, 6.45) is 0.685. The van der Waals surface area contributed by atoms with Crippen LogP contribution in [0.2, 0.25) is 0 Å². The second kappa shape index (κ2) is 7.21. The van der Waals surface area contributed by atoms with E-state index in [1.807, 2.05) is 31.2 Å². The highest BCUT2D eigenvalue weighted by Gasteiger charge is 2.40. The minimum Gasteiger partial charge on any atom is -0.481 e. The van der Waals surface area contributed by atoms with Gasteiger partial charge in [-0.2, -0.15) is 0 Å². The van der Waals surface area contributed by atoms with Crippen LogP contribution in [0.25, 0.3) is 0 Å². The van der Waals surface area contributed by atoms with Gasteiger partial charge in [0, 0.05) is 31.7 Å². The van der Waals surface area contributed by atoms with E-state index in [0.29, 0.717) is 19.5 Å². The van der Waals surface area contributed by atoms with Crippen molar-refractivity contribution in [3.05, 3.63) is 29.8 Å². The lowest BCUT2D eigenvalue weighted by molar-refractivity contribution is -0.141. The van der Waals surface area contributed by atoms with E-state index in [1.54, 1.807) is 9.80 Å². The van der Waals surface area contributed by atoms with Crippen molar-refractivity contribution < 1.29 is 19.5 Å². The Kier molecular flexibility index (Phi) is 5.49. The molecule has 0 saturated carbocycles. The van der Waals surface area contributed by atoms with Crippen molar-refractivity contribution >= 4 is 35.9 Å². The Labute approximate surface area is 146 Å². The number of anilines is 1. The molecule has 24 heavy (non-hydrogen) atoms. The van der Waals surface area contributed by atoms with Crippen molar-refractivity contribution in [3.8, 4) is 0 Å². The first-order valence-electron chi connectivity index (χ1n) is 7.84. The van der Waals surface area contributed by atoms with Crippen LogP contribution < -0.4 is 4.90 Å². The van der Waals surface area contributed by atoms with Crippen LogP contribution in [0, 0.1) is 18.8 Å². The van der Waals surface area contributed by atoms with E-state index in [4.69, 9.17) is 5.11 Å². The second-order valence-corrected chi connectivity index (χ2v) is 6.35. The number of carboxylic acid groups (broad SMARTS) is 1. The van der Waals surface area contributed by atoms with Crippen LogP contribution >= 0.6 is 12.4 Å². The Morgan fingerprint density at radius 3 is 2.38 bits per heavy atom. The van der Waals surface area contributed by atoms with Crippen molar-refractivity contribution in [1.82, 2.24) is 4.90 Å². The van der Waals surface area contributed by atoms with E-state index in [9.17, 15) is 14.4 Å². The normalized spacial score (nSPS) is 23.3. The van der Waals surface area contributed by atoms with Gasteiger partial charge in [0.05, 0.1) is 11.8 Å². The maximum atomic E-state index is 12.5. The standard InChI is InChI=1S/C17H20N2O4.ClH/c1-11-2-4-14(5-3-11)19-10-13(8-15(19)20)16(21)18-7-6-12(9-18)17(22)23;/h2-5,12-13H,6-10H2,1H3,(H,22,23);1H. The molecule has 1 aromatic rings. The molecule has 2 fully saturated rings. The molecule has 0 aliphatic carbocycles. The first-order chi connectivity index (χ1) is 11.0. The Bertz CT molecular complexity index is 646. The number of nitrogens with zero attached hydrogens (tertiary/aromatic N) is 2. The Morgan fingerprint density at radius 2 is 1.79 bits per heavy atom. The number of amides is 2. The van der Waals surface area contributed by atoms with Gasteiger partial charge in [0.1, 0.15) is 0 Å². The van der Waals surface area contributed by atoms with E-state index in [0.717, 1.165) is 11.3 Å². The highest BCUT2D eigenvalue weighted by Crippen LogP contribution is 2.28. The fourth-order valence-corrected chi connectivity index (χ4v) is 3.27. The molecule has 2 aliphatic heterocycles. The van der Waals surface area contributed by atoms with Crippen LogP contribution in [0.1, 0.15) is 18.4 Å². The fourth-order valence-electron chi connectivity index (χ4n) is 3.27. The lowest BCUT2D eigenvalue weighted by Crippen LogP contribution is -2.36. The van der Waals surface area contributed by atoms with Gasteiger partial charge in [0.25, 0.3) is 0 Å². The molecule has 0 bridgehead atoms. The third kappa shape index (κ3) is 3.53. The third-order valence-corrected chi connectivity index (χ3v) is 4.67. The zero-order valence-corrected chi connectivity index (χ0v) is 14.3. The summed E-state index contributed by atoms with van der Waals surface area (Å²) in [6, 6.07) is 7.65. The number of carboxylic acids is 1. The molecule has 0 radical (unpaired) electrons. The van der Waals surface area contributed by atoms with Crippen LogP contribution in [-0.2, 0) is 14.4 Å². The van der Waals surface area contributed by atoms with Gasteiger partial charge in [-0.25, -0.2) is 0 Å². The summed E-state index contributed by atoms with van der Waals surface area (Å²) >= 11 is 0. The predicted octanol–water partition coefficient (Wildman–Crippen LogP) is 1.70. The van der Waals surface area contributed by atoms with Gasteiger partial charge >= 0.3 is 5.97 Å². The largest absolute Gasteiger partial charge is 0.481 e. The average Bonchev–Trinajstić information content (AvgIpc) is 3.14. The third-order valence-electron chi connectivity index (χ3n) is 4.67. The molecule has 0 spiro atoms. The maximum absolute atomic E-state index is 12.5. The number of carbonyl (C=O) groups is 3. The molecule has 1 N–H and O–H groups in total. The molecule has 2 saturated heterocycles. The number of hydrogen-bond acceptors (Lipinski definition) is 3. The summed E-state index contributed by atoms with van der Waals surface area (Å²) in [4.78, 5) is 39.0. The van der Waals surface area contributed by atoms with Crippen molar-refractivity contribution in [2.45, 2.75) is 19.8 Å². The van der Waals surface area contributed by atoms with Gasteiger partial charge in [-0.1, -0.05) is 17.7 Å². The minimum atomic E-state index is -0.857. The molecular weight excluding hydrogens is 332 g/mol. The number of hydrogen-bond donors (Lipinski definition) is 1. The van der Waals surface area contributed by atoms with Crippen molar-refractivity contribution in [2.24, 2.45) is 11.8 Å². The first-order valence-corrected chi connectivity index (χ1v) is 7.84. The van der Waals surface area contributed by atoms with Crippen molar-refractivity contribution in [1.29, 1.82) is 0 Å². The van der Waals surface area contributed by atoms with Gasteiger partial charge in [-0.05, 0) is 25.5 Å². The molecule has 6 nitrogen and oxygen atoms in total. The van der Waals surface area contributed by atoms with Crippen molar-refractivity contribution in [2.75, 3.05) is 24.5 Å². The maximum Gasteiger partial charge on any atom is 0.308 e. The van der Waals surface area contributed by atoms with E-state index < -0.39 is 11.9 Å². The molecule has 130 valence electrons. The number of likely N-dealkylation sites (tertiary alicyclic amines) is 1. The number of aryl methyl sites for hydroxylation is 1. The van der Waals surface area contributed by atoms with Gasteiger partial charge in [-0.3, -0.25) is 14.4 Å². The minimum absolute atomic E-state index is 0. The monoisotopic (exact) mass is 352 g/mol. The summed E-state index contributed by atoms with van der Waals surface area (Å²) in [5, 5.41) is 9.03. The van der Waals surface area contributed by atoms with Crippen LogP contribution in [-0.4, -0.2) is 47.4 Å². The summed E-state index contributed by atoms with van der Waals surface area (Å²) in [5.41, 5.74) is 1.92. The smallest absolute Gasteiger partial charge is 0.308 e. The summed E-state index contributed by atoms with van der Waals surface area (Å²) in [5.74, 6) is -1.87. The number of aliphatic carboxylic acids is 1. The molecule has 2 unspecified atom stereocenters. The molecule has 2 atom stereocenters. The van der Waals surface area contributed by atoms with E-state index >= 15 is 0 Å². The quantitative estimate of drug-likeness (QED) is 0.898. The van der Waals surface area contributed by atoms with E-state index in [-0.39, 0.29) is 43.1 Å². The SMILES string of the molecule is Cc1ccc(N2CC(C(=O)N3CCC(C(=O)O)C3)CC2=O)cc1.Cl. The molecule has 2 aliphatic rings. The molecule has 7 heteroatoms. The summed E-state index contributed by atoms with van der Waals surface area (Å²) < 4.78 is 0. The zero-order chi connectivity index (χ0) is 16.6. The molecule has 2 amide bonds. The number of halogens is 1. The molecule has 2 heterocycles. The number of benzene rings is 1. The molecule has 1 aromatic carbocycles. The van der Waals surface area contributed by atoms with E-state index in [2.05, 4.69) is 0 Å². The van der Waals surface area contributed by atoms with Gasteiger partial charge in [0.2, 0.25) is 11.8 Å². The highest BCUT2D eigenvalue weighted by molar-refractivity contribution is 6.00. The Hall–Kier alpha value is -2.08. The predicted molar refractivity (Wildman–Crippen MR) is 91.2 cm³/mol. The lowest BCUT2D eigenvalue weighted by Gasteiger charge is -2.21.